The molecule has 0 saturated heterocycles. The van der Waals surface area contributed by atoms with E-state index in [-0.39, 0.29) is 5.88 Å². The van der Waals surface area contributed by atoms with Crippen LogP contribution in [0.3, 0.4) is 0 Å². The molecule has 4 nitrogen and oxygen atoms in total. The summed E-state index contributed by atoms with van der Waals surface area (Å²) in [6, 6.07) is 23.0. The van der Waals surface area contributed by atoms with Gasteiger partial charge >= 0.3 is 0 Å². The van der Waals surface area contributed by atoms with Crippen molar-refractivity contribution in [3.05, 3.63) is 72.8 Å². The molecule has 0 aliphatic rings. The summed E-state index contributed by atoms with van der Waals surface area (Å²) in [5.74, 6) is 0.768. The molecule has 4 rings (SSSR count). The molecule has 4 heteroatoms. The third-order valence-corrected chi connectivity index (χ3v) is 3.45. The van der Waals surface area contributed by atoms with Gasteiger partial charge in [0.15, 0.2) is 0 Å². The lowest BCUT2D eigenvalue weighted by Gasteiger charge is -2.02. The summed E-state index contributed by atoms with van der Waals surface area (Å²) in [6.07, 6.45) is 0. The molecule has 1 N–H and O–H groups in total. The number of fused-ring (bicyclic) bond motifs is 2. The van der Waals surface area contributed by atoms with Crippen LogP contribution in [0.15, 0.2) is 72.8 Å². The van der Waals surface area contributed by atoms with Gasteiger partial charge in [0.05, 0.1) is 17.6 Å². The molecular formula is C20H18N2O2. The van der Waals surface area contributed by atoms with Crippen molar-refractivity contribution in [2.75, 3.05) is 6.61 Å². The fourth-order valence-corrected chi connectivity index (χ4v) is 2.33. The van der Waals surface area contributed by atoms with E-state index in [4.69, 9.17) is 9.84 Å². The highest BCUT2D eigenvalue weighted by molar-refractivity contribution is 5.79. The van der Waals surface area contributed by atoms with Gasteiger partial charge in [-0.2, -0.15) is 0 Å². The van der Waals surface area contributed by atoms with Crippen LogP contribution in [0.2, 0.25) is 0 Å². The Labute approximate surface area is 140 Å². The summed E-state index contributed by atoms with van der Waals surface area (Å²) < 4.78 is 5.30. The molecule has 0 atom stereocenters. The van der Waals surface area contributed by atoms with Gasteiger partial charge in [-0.15, -0.1) is 0 Å². The minimum absolute atomic E-state index is 0.0729. The molecule has 0 unspecified atom stereocenters. The first-order valence-electron chi connectivity index (χ1n) is 7.79. The summed E-state index contributed by atoms with van der Waals surface area (Å²) in [7, 11) is 0. The minimum atomic E-state index is 0.0729. The first-order chi connectivity index (χ1) is 11.8. The Hall–Kier alpha value is -3.14. The second-order valence-corrected chi connectivity index (χ2v) is 5.14. The van der Waals surface area contributed by atoms with E-state index in [0.717, 1.165) is 21.8 Å². The zero-order valence-electron chi connectivity index (χ0n) is 13.4. The predicted molar refractivity (Wildman–Crippen MR) is 96.3 cm³/mol. The molecule has 0 fully saturated rings. The van der Waals surface area contributed by atoms with Gasteiger partial charge in [-0.05, 0) is 31.2 Å². The number of hydrogen-bond donors (Lipinski definition) is 1. The highest BCUT2D eigenvalue weighted by Gasteiger charge is 1.96. The van der Waals surface area contributed by atoms with E-state index in [9.17, 15) is 0 Å². The zero-order chi connectivity index (χ0) is 16.8. The van der Waals surface area contributed by atoms with Crippen molar-refractivity contribution in [1.82, 2.24) is 9.97 Å². The predicted octanol–water partition coefficient (Wildman–Crippen LogP) is 4.57. The van der Waals surface area contributed by atoms with Gasteiger partial charge in [-0.1, -0.05) is 36.4 Å². The molecule has 24 heavy (non-hydrogen) atoms. The normalized spacial score (nSPS) is 10.2. The van der Waals surface area contributed by atoms with Gasteiger partial charge in [-0.3, -0.25) is 0 Å². The Morgan fingerprint density at radius 1 is 0.750 bits per heavy atom. The molecule has 120 valence electrons. The number of rotatable bonds is 2. The Kier molecular flexibility index (Phi) is 4.87. The average molecular weight is 318 g/mol. The van der Waals surface area contributed by atoms with Gasteiger partial charge in [0.1, 0.15) is 0 Å². The first kappa shape index (κ1) is 15.7. The minimum Gasteiger partial charge on any atom is -0.493 e. The van der Waals surface area contributed by atoms with Gasteiger partial charge in [0.2, 0.25) is 11.8 Å². The molecular weight excluding hydrogens is 300 g/mol. The molecule has 0 saturated carbocycles. The van der Waals surface area contributed by atoms with E-state index in [2.05, 4.69) is 9.97 Å². The fourth-order valence-electron chi connectivity index (χ4n) is 2.33. The molecule has 0 aliphatic carbocycles. The van der Waals surface area contributed by atoms with Crippen LogP contribution in [-0.2, 0) is 0 Å². The maximum Gasteiger partial charge on any atom is 0.213 e. The van der Waals surface area contributed by atoms with Gasteiger partial charge in [0, 0.05) is 22.9 Å². The maximum atomic E-state index is 9.02. The molecule has 2 aromatic heterocycles. The molecule has 4 aromatic rings. The van der Waals surface area contributed by atoms with Crippen molar-refractivity contribution in [3.8, 4) is 11.8 Å². The van der Waals surface area contributed by atoms with E-state index in [1.54, 1.807) is 6.07 Å². The van der Waals surface area contributed by atoms with Crippen molar-refractivity contribution in [2.24, 2.45) is 0 Å². The number of hydrogen-bond acceptors (Lipinski definition) is 4. The number of aromatic nitrogens is 2. The highest BCUT2D eigenvalue weighted by atomic mass is 16.5. The fraction of sp³-hybridized carbons (Fsp3) is 0.100. The quantitative estimate of drug-likeness (QED) is 0.588. The topological polar surface area (TPSA) is 55.2 Å². The molecule has 0 radical (unpaired) electrons. The molecule has 2 aromatic carbocycles. The van der Waals surface area contributed by atoms with E-state index in [0.29, 0.717) is 12.5 Å². The van der Waals surface area contributed by atoms with Crippen molar-refractivity contribution in [1.29, 1.82) is 0 Å². The van der Waals surface area contributed by atoms with E-state index in [1.165, 1.54) is 0 Å². The van der Waals surface area contributed by atoms with Gasteiger partial charge in [-0.25, -0.2) is 9.97 Å². The van der Waals surface area contributed by atoms with Crippen LogP contribution in [0, 0.1) is 0 Å². The summed E-state index contributed by atoms with van der Waals surface area (Å²) in [5.41, 5.74) is 1.81. The largest absolute Gasteiger partial charge is 0.493 e. The Morgan fingerprint density at radius 3 is 2.00 bits per heavy atom. The van der Waals surface area contributed by atoms with Crippen LogP contribution in [0.1, 0.15) is 6.92 Å². The Bertz CT molecular complexity index is 954. The van der Waals surface area contributed by atoms with E-state index >= 15 is 0 Å². The average Bonchev–Trinajstić information content (AvgIpc) is 2.62. The molecule has 0 bridgehead atoms. The van der Waals surface area contributed by atoms with E-state index in [1.807, 2.05) is 73.7 Å². The maximum absolute atomic E-state index is 9.02. The monoisotopic (exact) mass is 318 g/mol. The molecule has 0 amide bonds. The number of pyridine rings is 2. The van der Waals surface area contributed by atoms with E-state index < -0.39 is 0 Å². The lowest BCUT2D eigenvalue weighted by atomic mass is 10.2. The van der Waals surface area contributed by atoms with Crippen LogP contribution >= 0.6 is 0 Å². The number of aromatic hydroxyl groups is 1. The third kappa shape index (κ3) is 3.79. The summed E-state index contributed by atoms with van der Waals surface area (Å²) in [5, 5.41) is 11.2. The Morgan fingerprint density at radius 2 is 1.33 bits per heavy atom. The number of benzene rings is 2. The van der Waals surface area contributed by atoms with Crippen molar-refractivity contribution >= 4 is 21.8 Å². The van der Waals surface area contributed by atoms with Crippen molar-refractivity contribution < 1.29 is 9.84 Å². The second-order valence-electron chi connectivity index (χ2n) is 5.14. The zero-order valence-corrected chi connectivity index (χ0v) is 13.4. The highest BCUT2D eigenvalue weighted by Crippen LogP contribution is 2.16. The molecule has 0 spiro atoms. The number of para-hydroxylation sites is 2. The van der Waals surface area contributed by atoms with Crippen molar-refractivity contribution in [2.45, 2.75) is 6.92 Å². The summed E-state index contributed by atoms with van der Waals surface area (Å²) in [4.78, 5) is 8.27. The standard InChI is InChI=1S/C11H11NO.C9H7NO/c1-2-13-11-8-7-9-5-3-4-6-10(9)12-11;11-9-6-5-7-3-1-2-4-8(7)10-9/h3-8H,2H2,1H3;1-6H,(H,10,11). The lowest BCUT2D eigenvalue weighted by Crippen LogP contribution is -1.93. The summed E-state index contributed by atoms with van der Waals surface area (Å²) >= 11 is 0. The van der Waals surface area contributed by atoms with Crippen LogP contribution in [0.25, 0.3) is 21.8 Å². The lowest BCUT2D eigenvalue weighted by molar-refractivity contribution is 0.328. The SMILES string of the molecule is CCOc1ccc2ccccc2n1.Oc1ccc2ccccc2n1. The van der Waals surface area contributed by atoms with Crippen LogP contribution in [0.5, 0.6) is 11.8 Å². The first-order valence-corrected chi connectivity index (χ1v) is 7.79. The van der Waals surface area contributed by atoms with Gasteiger partial charge < -0.3 is 9.84 Å². The van der Waals surface area contributed by atoms with Crippen LogP contribution in [0.4, 0.5) is 0 Å². The van der Waals surface area contributed by atoms with Crippen LogP contribution < -0.4 is 4.74 Å². The van der Waals surface area contributed by atoms with Gasteiger partial charge in [0.25, 0.3) is 0 Å². The Balaban J connectivity index is 0.000000143. The third-order valence-electron chi connectivity index (χ3n) is 3.45. The summed E-state index contributed by atoms with van der Waals surface area (Å²) in [6.45, 7) is 2.61. The smallest absolute Gasteiger partial charge is 0.213 e. The van der Waals surface area contributed by atoms with Crippen LogP contribution in [-0.4, -0.2) is 21.7 Å². The number of nitrogens with zero attached hydrogens (tertiary/aromatic N) is 2. The molecule has 2 heterocycles. The van der Waals surface area contributed by atoms with Crippen molar-refractivity contribution in [3.63, 3.8) is 0 Å². The second kappa shape index (κ2) is 7.42. The number of ether oxygens (including phenoxy) is 1. The molecule has 0 aliphatic heterocycles.